The molecule has 0 spiro atoms. The fourth-order valence-electron chi connectivity index (χ4n) is 7.08. The van der Waals surface area contributed by atoms with E-state index in [1.165, 1.54) is 12.8 Å². The van der Waals surface area contributed by atoms with Crippen molar-refractivity contribution in [2.45, 2.75) is 45.0 Å². The van der Waals surface area contributed by atoms with Crippen molar-refractivity contribution in [2.24, 2.45) is 0 Å². The van der Waals surface area contributed by atoms with Gasteiger partial charge in [-0.2, -0.15) is 5.10 Å². The highest BCUT2D eigenvalue weighted by atomic mass is 35.5. The summed E-state index contributed by atoms with van der Waals surface area (Å²) >= 11 is 14.1. The van der Waals surface area contributed by atoms with Gasteiger partial charge in [-0.25, -0.2) is 0 Å². The second-order valence-electron chi connectivity index (χ2n) is 12.7. The molecule has 1 aromatic heterocycles. The van der Waals surface area contributed by atoms with Gasteiger partial charge in [0.25, 0.3) is 0 Å². The number of aromatic nitrogens is 2. The molecule has 0 aliphatic carbocycles. The molecule has 0 radical (unpaired) electrons. The van der Waals surface area contributed by atoms with Gasteiger partial charge in [-0.1, -0.05) is 65.7 Å². The largest absolute Gasteiger partial charge is 0.496 e. The second-order valence-corrected chi connectivity index (χ2v) is 13.4. The number of ether oxygens (including phenoxy) is 2. The lowest BCUT2D eigenvalue weighted by molar-refractivity contribution is 0.174. The number of rotatable bonds is 10. The van der Waals surface area contributed by atoms with Crippen LogP contribution < -0.4 is 9.47 Å². The fourth-order valence-corrected chi connectivity index (χ4v) is 7.66. The zero-order chi connectivity index (χ0) is 32.5. The van der Waals surface area contributed by atoms with E-state index in [9.17, 15) is 5.11 Å². The van der Waals surface area contributed by atoms with Gasteiger partial charge in [0, 0.05) is 58.8 Å². The minimum atomic E-state index is -0.254. The van der Waals surface area contributed by atoms with Crippen molar-refractivity contribution < 1.29 is 14.6 Å². The summed E-state index contributed by atoms with van der Waals surface area (Å²) in [5.74, 6) is 1.67. The van der Waals surface area contributed by atoms with Gasteiger partial charge in [-0.3, -0.25) is 14.5 Å². The first kappa shape index (κ1) is 32.0. The van der Waals surface area contributed by atoms with Crippen molar-refractivity contribution >= 4 is 34.1 Å². The first-order chi connectivity index (χ1) is 22.9. The summed E-state index contributed by atoms with van der Waals surface area (Å²) in [6.07, 6.45) is 4.95. The van der Waals surface area contributed by atoms with Gasteiger partial charge in [-0.05, 0) is 73.3 Å². The SMILES string of the molecule is COc1cc(Cn2ncc3c(-c4cccc(-c5ccc(CN6CC[C@@H](O)C6)c(OC)c5)c4Cl)cccc32)c(Cl)cc1CN1CCCC1. The molecule has 0 unspecified atom stereocenters. The Labute approximate surface area is 286 Å². The molecule has 1 N–H and O–H groups in total. The van der Waals surface area contributed by atoms with E-state index < -0.39 is 0 Å². The van der Waals surface area contributed by atoms with E-state index >= 15 is 0 Å². The van der Waals surface area contributed by atoms with Crippen molar-refractivity contribution in [1.82, 2.24) is 19.6 Å². The van der Waals surface area contributed by atoms with E-state index in [-0.39, 0.29) is 6.10 Å². The Kier molecular flexibility index (Phi) is 9.44. The molecule has 7 nitrogen and oxygen atoms in total. The summed E-state index contributed by atoms with van der Waals surface area (Å²) in [6.45, 7) is 5.90. The van der Waals surface area contributed by atoms with E-state index in [0.717, 1.165) is 106 Å². The minimum absolute atomic E-state index is 0.254. The van der Waals surface area contributed by atoms with Crippen LogP contribution in [0.1, 0.15) is 36.0 Å². The van der Waals surface area contributed by atoms with Gasteiger partial charge >= 0.3 is 0 Å². The third-order valence-corrected chi connectivity index (χ3v) is 10.3. The third kappa shape index (κ3) is 6.60. The zero-order valence-electron chi connectivity index (χ0n) is 26.9. The van der Waals surface area contributed by atoms with Crippen LogP contribution in [0, 0.1) is 0 Å². The average molecular weight is 672 g/mol. The molecule has 0 amide bonds. The molecule has 2 aliphatic rings. The maximum absolute atomic E-state index is 9.96. The maximum Gasteiger partial charge on any atom is 0.123 e. The van der Waals surface area contributed by atoms with Crippen LogP contribution >= 0.6 is 23.2 Å². The molecule has 244 valence electrons. The zero-order valence-corrected chi connectivity index (χ0v) is 28.4. The van der Waals surface area contributed by atoms with Crippen LogP contribution in [0.25, 0.3) is 33.2 Å². The molecule has 4 aromatic carbocycles. The monoisotopic (exact) mass is 670 g/mol. The molecule has 2 aliphatic heterocycles. The molecule has 0 bridgehead atoms. The number of hydrogen-bond donors (Lipinski definition) is 1. The highest BCUT2D eigenvalue weighted by Crippen LogP contribution is 2.41. The quantitative estimate of drug-likeness (QED) is 0.163. The Bertz CT molecular complexity index is 1900. The summed E-state index contributed by atoms with van der Waals surface area (Å²) in [4.78, 5) is 4.70. The van der Waals surface area contributed by atoms with E-state index in [2.05, 4.69) is 58.3 Å². The smallest absolute Gasteiger partial charge is 0.123 e. The fraction of sp³-hybridized carbons (Fsp3) is 0.342. The van der Waals surface area contributed by atoms with Crippen LogP contribution in [-0.4, -0.2) is 71.2 Å². The third-order valence-electron chi connectivity index (χ3n) is 9.58. The normalized spacial score (nSPS) is 17.2. The van der Waals surface area contributed by atoms with Gasteiger partial charge in [-0.15, -0.1) is 0 Å². The summed E-state index contributed by atoms with van der Waals surface area (Å²) in [6, 6.07) is 22.7. The molecule has 47 heavy (non-hydrogen) atoms. The molecule has 9 heteroatoms. The Morgan fingerprint density at radius 1 is 0.766 bits per heavy atom. The van der Waals surface area contributed by atoms with Gasteiger partial charge in [0.2, 0.25) is 0 Å². The lowest BCUT2D eigenvalue weighted by Gasteiger charge is -2.19. The number of aliphatic hydroxyl groups excluding tert-OH is 1. The van der Waals surface area contributed by atoms with Crippen molar-refractivity contribution in [3.05, 3.63) is 99.7 Å². The molecular weight excluding hydrogens is 631 g/mol. The van der Waals surface area contributed by atoms with Crippen molar-refractivity contribution in [3.63, 3.8) is 0 Å². The van der Waals surface area contributed by atoms with Crippen molar-refractivity contribution in [1.29, 1.82) is 0 Å². The molecule has 0 saturated carbocycles. The summed E-state index contributed by atoms with van der Waals surface area (Å²) in [5, 5.41) is 17.2. The van der Waals surface area contributed by atoms with Crippen LogP contribution in [0.4, 0.5) is 0 Å². The number of β-amino-alcohol motifs (C(OH)–C–C–N with tert-alkyl or cyclic N) is 1. The highest BCUT2D eigenvalue weighted by molar-refractivity contribution is 6.36. The van der Waals surface area contributed by atoms with E-state index in [1.54, 1.807) is 14.2 Å². The number of likely N-dealkylation sites (tertiary alicyclic amines) is 2. The number of methoxy groups -OCH3 is 2. The topological polar surface area (TPSA) is 63.0 Å². The Morgan fingerprint density at radius 2 is 1.49 bits per heavy atom. The lowest BCUT2D eigenvalue weighted by Crippen LogP contribution is -2.21. The van der Waals surface area contributed by atoms with Crippen LogP contribution in [-0.2, 0) is 19.6 Å². The summed E-state index contributed by atoms with van der Waals surface area (Å²) in [5.41, 5.74) is 8.04. The molecule has 2 fully saturated rings. The predicted octanol–water partition coefficient (Wildman–Crippen LogP) is 7.91. The van der Waals surface area contributed by atoms with Crippen LogP contribution in [0.5, 0.6) is 11.5 Å². The molecule has 1 atom stereocenters. The molecule has 3 heterocycles. The Morgan fingerprint density at radius 3 is 2.26 bits per heavy atom. The first-order valence-corrected chi connectivity index (χ1v) is 17.1. The van der Waals surface area contributed by atoms with E-state index in [0.29, 0.717) is 18.1 Å². The van der Waals surface area contributed by atoms with Crippen molar-refractivity contribution in [2.75, 3.05) is 40.4 Å². The predicted molar refractivity (Wildman–Crippen MR) is 190 cm³/mol. The molecule has 2 saturated heterocycles. The summed E-state index contributed by atoms with van der Waals surface area (Å²) < 4.78 is 13.6. The first-order valence-electron chi connectivity index (χ1n) is 16.3. The van der Waals surface area contributed by atoms with Crippen LogP contribution in [0.2, 0.25) is 10.0 Å². The average Bonchev–Trinajstić information content (AvgIpc) is 3.85. The number of fused-ring (bicyclic) bond motifs is 1. The second kappa shape index (κ2) is 13.9. The molecule has 7 rings (SSSR count). The number of nitrogens with zero attached hydrogens (tertiary/aromatic N) is 4. The molecular formula is C38H40Cl2N4O3. The number of halogens is 2. The van der Waals surface area contributed by atoms with Crippen LogP contribution in [0.15, 0.2) is 72.9 Å². The van der Waals surface area contributed by atoms with Crippen molar-refractivity contribution in [3.8, 4) is 33.8 Å². The van der Waals surface area contributed by atoms with E-state index in [4.69, 9.17) is 37.8 Å². The Balaban J connectivity index is 1.17. The maximum atomic E-state index is 9.96. The number of aliphatic hydroxyl groups is 1. The van der Waals surface area contributed by atoms with E-state index in [1.807, 2.05) is 29.1 Å². The lowest BCUT2D eigenvalue weighted by atomic mass is 9.96. The highest BCUT2D eigenvalue weighted by Gasteiger charge is 2.22. The van der Waals surface area contributed by atoms with Gasteiger partial charge < -0.3 is 14.6 Å². The summed E-state index contributed by atoms with van der Waals surface area (Å²) in [7, 11) is 3.42. The minimum Gasteiger partial charge on any atom is -0.496 e. The van der Waals surface area contributed by atoms with Crippen LogP contribution in [0.3, 0.4) is 0 Å². The van der Waals surface area contributed by atoms with Gasteiger partial charge in [0.05, 0.1) is 43.6 Å². The molecule has 5 aromatic rings. The number of benzene rings is 4. The van der Waals surface area contributed by atoms with Gasteiger partial charge in [0.1, 0.15) is 11.5 Å². The number of hydrogen-bond acceptors (Lipinski definition) is 6. The standard InChI is InChI=1S/C38H40Cl2N4O3/c1-46-36-18-25(11-12-26(36)21-43-16-13-29(45)24-43)30-7-5-9-32(38(30)40)31-8-6-10-35-33(31)20-41-44(35)23-27-19-37(47-2)28(17-34(27)39)22-42-14-3-4-15-42/h5-12,17-20,29,45H,3-4,13-16,21-24H2,1-2H3/t29-/m1/s1. The van der Waals surface area contributed by atoms with Gasteiger partial charge in [0.15, 0.2) is 0 Å². The Hall–Kier alpha value is -3.59.